The number of anilines is 8. The molecule has 9 aromatic carbocycles. The lowest BCUT2D eigenvalue weighted by Gasteiger charge is -2.66. The first-order chi connectivity index (χ1) is 38.6. The maximum atomic E-state index is 2.85. The Labute approximate surface area is 484 Å². The van der Waals surface area contributed by atoms with Crippen molar-refractivity contribution >= 4 is 68.6 Å². The molecule has 0 aromatic heterocycles. The Morgan fingerprint density at radius 2 is 0.802 bits per heavy atom. The molecule has 0 amide bonds. The van der Waals surface area contributed by atoms with E-state index in [2.05, 4.69) is 305 Å². The number of benzene rings is 9. The lowest BCUT2D eigenvalue weighted by molar-refractivity contribution is 0.0106. The van der Waals surface area contributed by atoms with Gasteiger partial charge in [-0.2, -0.15) is 0 Å². The van der Waals surface area contributed by atoms with Crippen LogP contribution in [0.4, 0.5) is 45.5 Å². The minimum Gasteiger partial charge on any atom is -0.335 e. The predicted octanol–water partition coefficient (Wildman–Crippen LogP) is 19.4. The third kappa shape index (κ3) is 8.27. The first kappa shape index (κ1) is 52.8. The van der Waals surface area contributed by atoms with Gasteiger partial charge in [0.1, 0.15) is 0 Å². The molecular formula is C77H80BN3. The van der Waals surface area contributed by atoms with Gasteiger partial charge in [0.05, 0.1) is 11.4 Å². The maximum absolute atomic E-state index is 2.85. The van der Waals surface area contributed by atoms with Crippen LogP contribution < -0.4 is 31.1 Å². The molecule has 13 rings (SSSR count). The second-order valence-corrected chi connectivity index (χ2v) is 28.2. The summed E-state index contributed by atoms with van der Waals surface area (Å²) in [6.07, 6.45) is 4.70. The fraction of sp³-hybridized carbons (Fsp3) is 0.299. The van der Waals surface area contributed by atoms with E-state index in [1.54, 1.807) is 0 Å². The second kappa shape index (κ2) is 18.7. The highest BCUT2D eigenvalue weighted by Crippen LogP contribution is 2.66. The SMILES string of the molecule is CC(C)(C)c1ccc2c(c1)B1c3cc(-c4ccccc4)ccc3N(c3ccc(C(C)(C)C)cc3-c3ccccc3)c3cc(N4c5ccccc5C(C)(C)C5(C)CCCCC45C)cc(c31)N2c1ccc(C(C)(C)C)cc1-c1ccccc1. The predicted molar refractivity (Wildman–Crippen MR) is 349 cm³/mol. The van der Waals surface area contributed by atoms with Gasteiger partial charge in [-0.3, -0.25) is 0 Å². The molecule has 9 aromatic rings. The number of fused-ring (bicyclic) bond motifs is 6. The van der Waals surface area contributed by atoms with E-state index < -0.39 is 0 Å². The van der Waals surface area contributed by atoms with Crippen molar-refractivity contribution in [2.45, 2.75) is 143 Å². The smallest absolute Gasteiger partial charge is 0.252 e. The molecule has 4 heteroatoms. The lowest BCUT2D eigenvalue weighted by Crippen LogP contribution is -2.67. The fourth-order valence-electron chi connectivity index (χ4n) is 15.0. The van der Waals surface area contributed by atoms with E-state index in [4.69, 9.17) is 0 Å². The van der Waals surface area contributed by atoms with E-state index >= 15 is 0 Å². The monoisotopic (exact) mass is 1060 g/mol. The molecule has 0 radical (unpaired) electrons. The van der Waals surface area contributed by atoms with E-state index in [-0.39, 0.29) is 39.3 Å². The summed E-state index contributed by atoms with van der Waals surface area (Å²) in [5.41, 5.74) is 25.9. The van der Waals surface area contributed by atoms with Crippen LogP contribution in [0.5, 0.6) is 0 Å². The van der Waals surface area contributed by atoms with Gasteiger partial charge >= 0.3 is 0 Å². The molecule has 3 heterocycles. The van der Waals surface area contributed by atoms with Gasteiger partial charge in [-0.15, -0.1) is 0 Å². The number of para-hydroxylation sites is 1. The molecule has 0 N–H and O–H groups in total. The summed E-state index contributed by atoms with van der Waals surface area (Å²) in [6.45, 7) is 31.4. The quantitative estimate of drug-likeness (QED) is 0.154. The zero-order valence-electron chi connectivity index (χ0n) is 50.3. The summed E-state index contributed by atoms with van der Waals surface area (Å²) in [5.74, 6) is 0. The molecule has 0 saturated heterocycles. The minimum atomic E-state index is -0.211. The van der Waals surface area contributed by atoms with E-state index in [0.29, 0.717) is 0 Å². The molecule has 1 aliphatic carbocycles. The Balaban J connectivity index is 1.22. The second-order valence-electron chi connectivity index (χ2n) is 28.2. The van der Waals surface area contributed by atoms with Gasteiger partial charge in [0.15, 0.2) is 0 Å². The van der Waals surface area contributed by atoms with E-state index in [0.717, 1.165) is 6.42 Å². The number of hydrogen-bond acceptors (Lipinski definition) is 3. The van der Waals surface area contributed by atoms with Crippen LogP contribution in [-0.4, -0.2) is 12.3 Å². The van der Waals surface area contributed by atoms with Crippen LogP contribution in [0.25, 0.3) is 33.4 Å². The third-order valence-corrected chi connectivity index (χ3v) is 20.1. The van der Waals surface area contributed by atoms with Crippen LogP contribution in [0, 0.1) is 5.41 Å². The zero-order chi connectivity index (χ0) is 56.6. The molecule has 1 fully saturated rings. The summed E-state index contributed by atoms with van der Waals surface area (Å²) < 4.78 is 0. The van der Waals surface area contributed by atoms with Gasteiger partial charge in [0, 0.05) is 56.2 Å². The van der Waals surface area contributed by atoms with Crippen molar-refractivity contribution in [1.82, 2.24) is 0 Å². The van der Waals surface area contributed by atoms with Gasteiger partial charge in [-0.1, -0.05) is 242 Å². The van der Waals surface area contributed by atoms with Crippen LogP contribution in [0.15, 0.2) is 200 Å². The summed E-state index contributed by atoms with van der Waals surface area (Å²) in [4.78, 5) is 8.24. The molecule has 2 atom stereocenters. The molecule has 0 bridgehead atoms. The Morgan fingerprint density at radius 3 is 1.32 bits per heavy atom. The van der Waals surface area contributed by atoms with Gasteiger partial charge in [-0.05, 0) is 157 Å². The highest BCUT2D eigenvalue weighted by molar-refractivity contribution is 7.00. The van der Waals surface area contributed by atoms with E-state index in [9.17, 15) is 0 Å². The van der Waals surface area contributed by atoms with Crippen molar-refractivity contribution in [1.29, 1.82) is 0 Å². The van der Waals surface area contributed by atoms with Crippen LogP contribution in [-0.2, 0) is 21.7 Å². The van der Waals surface area contributed by atoms with Crippen LogP contribution in [0.2, 0.25) is 0 Å². The molecule has 0 spiro atoms. The van der Waals surface area contributed by atoms with Gasteiger partial charge in [0.2, 0.25) is 0 Å². The zero-order valence-corrected chi connectivity index (χ0v) is 50.3. The highest BCUT2D eigenvalue weighted by Gasteiger charge is 2.62. The molecule has 3 nitrogen and oxygen atoms in total. The van der Waals surface area contributed by atoms with Crippen molar-refractivity contribution in [2.24, 2.45) is 5.41 Å². The molecule has 406 valence electrons. The van der Waals surface area contributed by atoms with Crippen LogP contribution in [0.1, 0.15) is 138 Å². The Hall–Kier alpha value is -7.56. The molecule has 1 saturated carbocycles. The summed E-state index contributed by atoms with van der Waals surface area (Å²) in [7, 11) is 0. The lowest BCUT2D eigenvalue weighted by atomic mass is 9.33. The summed E-state index contributed by atoms with van der Waals surface area (Å²) in [6, 6.07) is 77.6. The molecule has 81 heavy (non-hydrogen) atoms. The Kier molecular flexibility index (Phi) is 12.2. The Morgan fingerprint density at radius 1 is 0.370 bits per heavy atom. The highest BCUT2D eigenvalue weighted by atomic mass is 15.3. The van der Waals surface area contributed by atoms with Gasteiger partial charge in [-0.25, -0.2) is 0 Å². The van der Waals surface area contributed by atoms with Gasteiger partial charge < -0.3 is 14.7 Å². The summed E-state index contributed by atoms with van der Waals surface area (Å²) >= 11 is 0. The fourth-order valence-corrected chi connectivity index (χ4v) is 15.0. The van der Waals surface area contributed by atoms with E-state index in [1.165, 1.54) is 137 Å². The first-order valence-corrected chi connectivity index (χ1v) is 30.0. The first-order valence-electron chi connectivity index (χ1n) is 30.0. The summed E-state index contributed by atoms with van der Waals surface area (Å²) in [5, 5.41) is 0. The van der Waals surface area contributed by atoms with Crippen molar-refractivity contribution in [2.75, 3.05) is 14.7 Å². The third-order valence-electron chi connectivity index (χ3n) is 20.1. The number of rotatable bonds is 6. The van der Waals surface area contributed by atoms with Gasteiger partial charge in [0.25, 0.3) is 6.71 Å². The van der Waals surface area contributed by atoms with Crippen molar-refractivity contribution < 1.29 is 0 Å². The van der Waals surface area contributed by atoms with Crippen molar-refractivity contribution in [3.05, 3.63) is 222 Å². The normalized spacial score (nSPS) is 19.1. The van der Waals surface area contributed by atoms with Crippen LogP contribution in [0.3, 0.4) is 0 Å². The average Bonchev–Trinajstić information content (AvgIpc) is 3.00. The van der Waals surface area contributed by atoms with Crippen molar-refractivity contribution in [3.63, 3.8) is 0 Å². The number of hydrogen-bond donors (Lipinski definition) is 0. The van der Waals surface area contributed by atoms with Crippen LogP contribution >= 0.6 is 0 Å². The number of nitrogens with zero attached hydrogens (tertiary/aromatic N) is 3. The topological polar surface area (TPSA) is 9.72 Å². The molecule has 3 aliphatic heterocycles. The Bertz CT molecular complexity index is 3890. The van der Waals surface area contributed by atoms with Crippen molar-refractivity contribution in [3.8, 4) is 33.4 Å². The molecule has 2 unspecified atom stereocenters. The molecular weight excluding hydrogens is 978 g/mol. The van der Waals surface area contributed by atoms with E-state index in [1.807, 2.05) is 0 Å². The average molecular weight is 1060 g/mol. The molecule has 4 aliphatic rings. The standard InChI is InChI=1S/C77H80BN3/c1-72(2,3)55-36-40-64(59(46-55)52-29-19-15-20-30-52)79-67-39-35-54(51-27-17-14-18-28-51)45-62(67)78-63-48-57(74(7,8)9)38-42-68(63)80(65-41-37-56(73(4,5)6)47-60(65)53-31-21-16-22-32-53)70-50-58(49-69(79)71(70)78)81-66-34-24-23-33-61(66)75(10,11)76(12)43-25-26-44-77(76,81)13/h14-24,27-42,45-50H,25-26,43-44H2,1-13H3. The largest absolute Gasteiger partial charge is 0.335 e. The minimum absolute atomic E-state index is 0.0371. The maximum Gasteiger partial charge on any atom is 0.252 e.